The highest BCUT2D eigenvalue weighted by molar-refractivity contribution is 7.59. The van der Waals surface area contributed by atoms with E-state index < -0.39 is 37.8 Å². The average Bonchev–Trinajstić information content (AvgIpc) is 3.66. The van der Waals surface area contributed by atoms with E-state index in [1.54, 1.807) is 7.05 Å². The smallest absolute Gasteiger partial charge is 0.232 e. The molecule has 0 spiro atoms. The van der Waals surface area contributed by atoms with Crippen molar-refractivity contribution in [1.29, 1.82) is 0 Å². The third-order valence-corrected chi connectivity index (χ3v) is 10.6. The molecule has 2 fully saturated rings. The van der Waals surface area contributed by atoms with Crippen LogP contribution < -0.4 is 5.32 Å². The molecule has 220 valence electrons. The van der Waals surface area contributed by atoms with Gasteiger partial charge in [-0.1, -0.05) is 31.0 Å². The Morgan fingerprint density at radius 2 is 2.02 bits per heavy atom. The van der Waals surface area contributed by atoms with E-state index in [0.717, 1.165) is 42.4 Å². The highest BCUT2D eigenvalue weighted by Crippen LogP contribution is 2.55. The van der Waals surface area contributed by atoms with Gasteiger partial charge < -0.3 is 29.7 Å². The molecule has 5 atom stereocenters. The Kier molecular flexibility index (Phi) is 7.82. The zero-order chi connectivity index (χ0) is 28.9. The SMILES string of the molecule is Cc1cccc2c1CP(=O)(CC(=O)N(C)C[C@H]1O[C@@H](n3cnc4c(NC5CCCC5)nc(Cl)nc43)[C@H](O)[C@@H]1O)OC2. The Morgan fingerprint density at radius 1 is 1.24 bits per heavy atom. The number of halogens is 1. The molecule has 1 aromatic carbocycles. The molecular formula is C27H34ClN6O6P. The zero-order valence-electron chi connectivity index (χ0n) is 22.9. The maximum atomic E-state index is 13.5. The Balaban J connectivity index is 1.14. The van der Waals surface area contributed by atoms with Gasteiger partial charge in [0.2, 0.25) is 18.6 Å². The molecule has 1 saturated carbocycles. The van der Waals surface area contributed by atoms with Gasteiger partial charge in [-0.2, -0.15) is 9.97 Å². The number of aliphatic hydroxyl groups is 2. The van der Waals surface area contributed by atoms with Crippen molar-refractivity contribution in [2.75, 3.05) is 25.1 Å². The molecule has 6 rings (SSSR count). The summed E-state index contributed by atoms with van der Waals surface area (Å²) in [5, 5.41) is 25.2. The molecule has 4 heterocycles. The summed E-state index contributed by atoms with van der Waals surface area (Å²) in [4.78, 5) is 27.6. The lowest BCUT2D eigenvalue weighted by Gasteiger charge is -2.29. The number of benzene rings is 1. The van der Waals surface area contributed by atoms with E-state index in [-0.39, 0.29) is 36.8 Å². The van der Waals surface area contributed by atoms with Gasteiger partial charge in [-0.05, 0) is 48.1 Å². The normalized spacial score (nSPS) is 28.2. The minimum absolute atomic E-state index is 0.0206. The van der Waals surface area contributed by atoms with E-state index in [4.69, 9.17) is 20.9 Å². The molecule has 0 radical (unpaired) electrons. The number of anilines is 1. The summed E-state index contributed by atoms with van der Waals surface area (Å²) in [5.74, 6) is 0.118. The van der Waals surface area contributed by atoms with Crippen LogP contribution in [0.4, 0.5) is 5.82 Å². The fourth-order valence-electron chi connectivity index (χ4n) is 5.95. The molecular weight excluding hydrogens is 571 g/mol. The standard InChI is InChI=1S/C27H34ClN6O6P/c1-15-6-5-7-16-11-39-41(38,12-18(15)16)13-20(35)33(2)10-19-22(36)23(37)26(40-19)34-14-29-21-24(30-17-8-3-4-9-17)31-27(28)32-25(21)34/h5-7,14,17,19,22-23,26,36-37H,3-4,8-13H2,1-2H3,(H,30,31,32)/t19-,22-,23-,26-,41?/m1/s1. The van der Waals surface area contributed by atoms with Gasteiger partial charge in [0.15, 0.2) is 23.2 Å². The molecule has 2 aliphatic heterocycles. The lowest BCUT2D eigenvalue weighted by molar-refractivity contribution is -0.130. The molecule has 1 saturated heterocycles. The zero-order valence-corrected chi connectivity index (χ0v) is 24.6. The number of nitrogens with zero attached hydrogens (tertiary/aromatic N) is 5. The Hall–Kier alpha value is -2.60. The largest absolute Gasteiger partial charge is 0.387 e. The number of nitrogens with one attached hydrogen (secondary N) is 1. The quantitative estimate of drug-likeness (QED) is 0.271. The fraction of sp³-hybridized carbons (Fsp3) is 0.556. The lowest BCUT2D eigenvalue weighted by Crippen LogP contribution is -2.41. The van der Waals surface area contributed by atoms with Crippen LogP contribution in [0.25, 0.3) is 11.2 Å². The van der Waals surface area contributed by atoms with Crippen molar-refractivity contribution in [3.05, 3.63) is 46.5 Å². The van der Waals surface area contributed by atoms with Crippen LogP contribution in [-0.4, -0.2) is 84.6 Å². The number of hydrogen-bond acceptors (Lipinski definition) is 10. The van der Waals surface area contributed by atoms with Gasteiger partial charge in [-0.3, -0.25) is 13.9 Å². The predicted octanol–water partition coefficient (Wildman–Crippen LogP) is 3.23. The second-order valence-electron chi connectivity index (χ2n) is 11.2. The summed E-state index contributed by atoms with van der Waals surface area (Å²) in [6, 6.07) is 6.10. The van der Waals surface area contributed by atoms with Crippen molar-refractivity contribution in [3.8, 4) is 0 Å². The number of aromatic nitrogens is 4. The van der Waals surface area contributed by atoms with Crippen molar-refractivity contribution >= 4 is 41.9 Å². The highest BCUT2D eigenvalue weighted by Gasteiger charge is 2.45. The first kappa shape index (κ1) is 28.5. The minimum Gasteiger partial charge on any atom is -0.387 e. The monoisotopic (exact) mass is 604 g/mol. The third-order valence-electron chi connectivity index (χ3n) is 8.32. The Labute approximate surface area is 242 Å². The first-order valence-electron chi connectivity index (χ1n) is 13.8. The maximum Gasteiger partial charge on any atom is 0.232 e. The van der Waals surface area contributed by atoms with Crippen molar-refractivity contribution in [2.45, 2.75) is 76.0 Å². The number of aryl methyl sites for hydroxylation is 1. The number of amides is 1. The molecule has 14 heteroatoms. The van der Waals surface area contributed by atoms with Crippen LogP contribution in [0.2, 0.25) is 5.28 Å². The van der Waals surface area contributed by atoms with Gasteiger partial charge in [0, 0.05) is 19.6 Å². The Bertz CT molecular complexity index is 1510. The topological polar surface area (TPSA) is 152 Å². The molecule has 3 aliphatic rings. The number of fused-ring (bicyclic) bond motifs is 2. The number of rotatable bonds is 7. The molecule has 3 N–H and O–H groups in total. The first-order chi connectivity index (χ1) is 19.6. The van der Waals surface area contributed by atoms with E-state index in [1.165, 1.54) is 15.8 Å². The van der Waals surface area contributed by atoms with Crippen LogP contribution in [0.1, 0.15) is 48.6 Å². The fourth-order valence-corrected chi connectivity index (χ4v) is 8.37. The van der Waals surface area contributed by atoms with E-state index >= 15 is 0 Å². The molecule has 1 aliphatic carbocycles. The second kappa shape index (κ2) is 11.2. The van der Waals surface area contributed by atoms with Gasteiger partial charge in [-0.15, -0.1) is 0 Å². The van der Waals surface area contributed by atoms with Crippen LogP contribution in [0.3, 0.4) is 0 Å². The maximum absolute atomic E-state index is 13.5. The lowest BCUT2D eigenvalue weighted by atomic mass is 10.0. The number of hydrogen-bond donors (Lipinski definition) is 3. The van der Waals surface area contributed by atoms with E-state index in [0.29, 0.717) is 17.0 Å². The Morgan fingerprint density at radius 3 is 2.80 bits per heavy atom. The highest BCUT2D eigenvalue weighted by atomic mass is 35.5. The number of ether oxygens (including phenoxy) is 1. The van der Waals surface area contributed by atoms with Gasteiger partial charge in [0.05, 0.1) is 19.1 Å². The number of aliphatic hydroxyl groups excluding tert-OH is 2. The number of likely N-dealkylation sites (N-methyl/N-ethyl adjacent to an activating group) is 1. The number of carbonyl (C=O) groups is 1. The minimum atomic E-state index is -3.24. The summed E-state index contributed by atoms with van der Waals surface area (Å²) in [6.07, 6.45) is 1.22. The van der Waals surface area contributed by atoms with Gasteiger partial charge in [0.25, 0.3) is 0 Å². The molecule has 0 bridgehead atoms. The van der Waals surface area contributed by atoms with Crippen molar-refractivity contribution in [2.24, 2.45) is 0 Å². The molecule has 3 aromatic rings. The van der Waals surface area contributed by atoms with Gasteiger partial charge in [-0.25, -0.2) is 4.98 Å². The van der Waals surface area contributed by atoms with Crippen molar-refractivity contribution in [3.63, 3.8) is 0 Å². The summed E-state index contributed by atoms with van der Waals surface area (Å²) < 4.78 is 26.8. The summed E-state index contributed by atoms with van der Waals surface area (Å²) in [7, 11) is -1.69. The van der Waals surface area contributed by atoms with Crippen molar-refractivity contribution in [1.82, 2.24) is 24.4 Å². The molecule has 1 unspecified atom stereocenters. The van der Waals surface area contributed by atoms with Crippen LogP contribution in [0, 0.1) is 6.92 Å². The van der Waals surface area contributed by atoms with E-state index in [2.05, 4.69) is 20.3 Å². The molecule has 1 amide bonds. The number of carbonyl (C=O) groups excluding carboxylic acids is 1. The summed E-state index contributed by atoms with van der Waals surface area (Å²) in [5.41, 5.74) is 3.82. The third kappa shape index (κ3) is 5.61. The van der Waals surface area contributed by atoms with Gasteiger partial charge >= 0.3 is 0 Å². The van der Waals surface area contributed by atoms with Crippen molar-refractivity contribution < 1.29 is 28.8 Å². The first-order valence-corrected chi connectivity index (χ1v) is 16.2. The predicted molar refractivity (Wildman–Crippen MR) is 152 cm³/mol. The van der Waals surface area contributed by atoms with Crippen LogP contribution >= 0.6 is 19.0 Å². The van der Waals surface area contributed by atoms with Gasteiger partial charge in [0.1, 0.15) is 24.5 Å². The summed E-state index contributed by atoms with van der Waals surface area (Å²) >= 11 is 6.24. The second-order valence-corrected chi connectivity index (χ2v) is 14.1. The van der Waals surface area contributed by atoms with E-state index in [9.17, 15) is 19.6 Å². The molecule has 12 nitrogen and oxygen atoms in total. The van der Waals surface area contributed by atoms with E-state index in [1.807, 2.05) is 25.1 Å². The summed E-state index contributed by atoms with van der Waals surface area (Å²) in [6.45, 7) is 2.13. The van der Waals surface area contributed by atoms with Crippen LogP contribution in [0.5, 0.6) is 0 Å². The average molecular weight is 605 g/mol. The molecule has 2 aromatic heterocycles. The number of imidazole rings is 1. The van der Waals surface area contributed by atoms with Crippen LogP contribution in [-0.2, 0) is 31.4 Å². The van der Waals surface area contributed by atoms with Crippen LogP contribution in [0.15, 0.2) is 24.5 Å². The molecule has 41 heavy (non-hydrogen) atoms.